The van der Waals surface area contributed by atoms with Crippen LogP contribution in [-0.4, -0.2) is 27.3 Å². The second-order valence-electron chi connectivity index (χ2n) is 7.99. The molecule has 140 valence electrons. The van der Waals surface area contributed by atoms with Gasteiger partial charge in [-0.15, -0.1) is 0 Å². The van der Waals surface area contributed by atoms with Crippen LogP contribution >= 0.6 is 11.8 Å². The first kappa shape index (κ1) is 18.0. The number of nitrogens with one attached hydrogen (secondary N) is 1. The number of rotatable bonds is 4. The van der Waals surface area contributed by atoms with Gasteiger partial charge in [0.05, 0.1) is 6.54 Å². The molecule has 0 atom stereocenters. The van der Waals surface area contributed by atoms with Crippen LogP contribution in [0.15, 0.2) is 51.0 Å². The van der Waals surface area contributed by atoms with Gasteiger partial charge in [-0.2, -0.15) is 9.97 Å². The highest BCUT2D eigenvalue weighted by atomic mass is 32.2. The van der Waals surface area contributed by atoms with E-state index in [-0.39, 0.29) is 5.41 Å². The molecule has 7 heteroatoms. The number of aliphatic imine (C=N–C) groups is 1. The van der Waals surface area contributed by atoms with Gasteiger partial charge in [-0.1, -0.05) is 20.8 Å². The molecule has 4 rings (SSSR count). The highest BCUT2D eigenvalue weighted by Crippen LogP contribution is 2.39. The van der Waals surface area contributed by atoms with Crippen molar-refractivity contribution in [2.24, 2.45) is 10.4 Å². The Labute approximate surface area is 163 Å². The molecule has 1 aromatic carbocycles. The number of amidine groups is 1. The van der Waals surface area contributed by atoms with Gasteiger partial charge in [0.25, 0.3) is 0 Å². The van der Waals surface area contributed by atoms with Crippen molar-refractivity contribution in [1.82, 2.24) is 15.0 Å². The number of nitrogens with two attached hydrogens (primary N) is 1. The van der Waals surface area contributed by atoms with Gasteiger partial charge in [0.2, 0.25) is 5.95 Å². The van der Waals surface area contributed by atoms with E-state index in [1.807, 2.05) is 24.3 Å². The number of hydrogen-bond donors (Lipinski definition) is 2. The van der Waals surface area contributed by atoms with Crippen molar-refractivity contribution in [3.05, 3.63) is 41.7 Å². The van der Waals surface area contributed by atoms with Crippen molar-refractivity contribution >= 4 is 29.2 Å². The molecule has 2 aliphatic rings. The van der Waals surface area contributed by atoms with E-state index < -0.39 is 0 Å². The maximum atomic E-state index is 5.77. The Morgan fingerprint density at radius 1 is 1.07 bits per heavy atom. The lowest BCUT2D eigenvalue weighted by Crippen LogP contribution is -2.13. The van der Waals surface area contributed by atoms with Gasteiger partial charge in [0.1, 0.15) is 11.7 Å². The molecule has 1 aliphatic heterocycles. The number of nitrogen functional groups attached to an aromatic ring is 1. The Balaban J connectivity index is 1.56. The summed E-state index contributed by atoms with van der Waals surface area (Å²) in [6.07, 6.45) is 4.39. The SMILES string of the molecule is CC(C)(C)C1=CC(Nc2nc(Sc3ccc(N)cc3)nc(C3CC3)n2)=NC1. The van der Waals surface area contributed by atoms with E-state index in [0.29, 0.717) is 17.0 Å². The summed E-state index contributed by atoms with van der Waals surface area (Å²) in [5, 5.41) is 3.97. The zero-order valence-corrected chi connectivity index (χ0v) is 16.7. The quantitative estimate of drug-likeness (QED) is 0.770. The van der Waals surface area contributed by atoms with E-state index in [1.165, 1.54) is 17.3 Å². The lowest BCUT2D eigenvalue weighted by Gasteiger charge is -2.18. The fraction of sp³-hybridized carbons (Fsp3) is 0.400. The minimum absolute atomic E-state index is 0.112. The fourth-order valence-electron chi connectivity index (χ4n) is 2.71. The van der Waals surface area contributed by atoms with E-state index in [9.17, 15) is 0 Å². The molecular formula is C20H24N6S. The molecule has 2 aromatic rings. The maximum absolute atomic E-state index is 5.77. The van der Waals surface area contributed by atoms with Gasteiger partial charge in [0, 0.05) is 16.5 Å². The van der Waals surface area contributed by atoms with Gasteiger partial charge in [-0.3, -0.25) is 4.99 Å². The first-order valence-corrected chi connectivity index (χ1v) is 10.0. The van der Waals surface area contributed by atoms with Crippen LogP contribution in [-0.2, 0) is 0 Å². The molecule has 0 bridgehead atoms. The first-order chi connectivity index (χ1) is 12.9. The second kappa shape index (κ2) is 6.96. The van der Waals surface area contributed by atoms with Crippen molar-refractivity contribution in [2.45, 2.75) is 49.6 Å². The minimum Gasteiger partial charge on any atom is -0.399 e. The summed E-state index contributed by atoms with van der Waals surface area (Å²) in [5.41, 5.74) is 7.93. The average Bonchev–Trinajstić information content (AvgIpc) is 3.35. The smallest absolute Gasteiger partial charge is 0.232 e. The summed E-state index contributed by atoms with van der Waals surface area (Å²) >= 11 is 1.52. The summed E-state index contributed by atoms with van der Waals surface area (Å²) in [4.78, 5) is 19.5. The zero-order valence-electron chi connectivity index (χ0n) is 15.9. The molecule has 27 heavy (non-hydrogen) atoms. The number of benzene rings is 1. The molecule has 0 spiro atoms. The van der Waals surface area contributed by atoms with E-state index in [0.717, 1.165) is 41.6 Å². The molecule has 0 unspecified atom stereocenters. The second-order valence-corrected chi connectivity index (χ2v) is 9.03. The number of nitrogens with zero attached hydrogens (tertiary/aromatic N) is 4. The van der Waals surface area contributed by atoms with Crippen molar-refractivity contribution in [3.63, 3.8) is 0 Å². The molecule has 1 aliphatic carbocycles. The fourth-order valence-corrected chi connectivity index (χ4v) is 3.46. The molecule has 0 amide bonds. The van der Waals surface area contributed by atoms with Gasteiger partial charge >= 0.3 is 0 Å². The van der Waals surface area contributed by atoms with Crippen LogP contribution < -0.4 is 11.1 Å². The lowest BCUT2D eigenvalue weighted by atomic mass is 9.87. The third-order valence-corrected chi connectivity index (χ3v) is 5.47. The van der Waals surface area contributed by atoms with Gasteiger partial charge in [-0.05, 0) is 65.9 Å². The minimum atomic E-state index is 0.112. The number of hydrogen-bond acceptors (Lipinski definition) is 7. The summed E-state index contributed by atoms with van der Waals surface area (Å²) in [5.74, 6) is 2.70. The van der Waals surface area contributed by atoms with Crippen molar-refractivity contribution in [1.29, 1.82) is 0 Å². The van der Waals surface area contributed by atoms with Crippen molar-refractivity contribution in [2.75, 3.05) is 17.6 Å². The van der Waals surface area contributed by atoms with Gasteiger partial charge < -0.3 is 11.1 Å². The van der Waals surface area contributed by atoms with E-state index in [4.69, 9.17) is 5.73 Å². The van der Waals surface area contributed by atoms with Crippen LogP contribution in [0.3, 0.4) is 0 Å². The van der Waals surface area contributed by atoms with Crippen LogP contribution in [0.5, 0.6) is 0 Å². The van der Waals surface area contributed by atoms with Gasteiger partial charge in [-0.25, -0.2) is 4.98 Å². The molecule has 1 saturated carbocycles. The molecular weight excluding hydrogens is 356 g/mol. The van der Waals surface area contributed by atoms with Crippen LogP contribution in [0.2, 0.25) is 0 Å². The summed E-state index contributed by atoms with van der Waals surface area (Å²) < 4.78 is 0. The molecule has 2 heterocycles. The van der Waals surface area contributed by atoms with E-state index in [2.05, 4.69) is 52.1 Å². The van der Waals surface area contributed by atoms with Crippen LogP contribution in [0, 0.1) is 5.41 Å². The Morgan fingerprint density at radius 2 is 1.81 bits per heavy atom. The Bertz CT molecular complexity index is 907. The average molecular weight is 381 g/mol. The lowest BCUT2D eigenvalue weighted by molar-refractivity contribution is 0.499. The summed E-state index contributed by atoms with van der Waals surface area (Å²) in [7, 11) is 0. The first-order valence-electron chi connectivity index (χ1n) is 9.19. The third kappa shape index (κ3) is 4.47. The van der Waals surface area contributed by atoms with Crippen molar-refractivity contribution in [3.8, 4) is 0 Å². The Kier molecular flexibility index (Phi) is 4.63. The topological polar surface area (TPSA) is 89.1 Å². The predicted octanol–water partition coefficient (Wildman–Crippen LogP) is 4.28. The number of anilines is 2. The van der Waals surface area contributed by atoms with E-state index >= 15 is 0 Å². The van der Waals surface area contributed by atoms with Crippen LogP contribution in [0.25, 0.3) is 0 Å². The molecule has 3 N–H and O–H groups in total. The highest BCUT2D eigenvalue weighted by molar-refractivity contribution is 7.99. The molecule has 6 nitrogen and oxygen atoms in total. The molecule has 1 fully saturated rings. The number of aromatic nitrogens is 3. The molecule has 1 aromatic heterocycles. The standard InChI is InChI=1S/C20H24N6S/c1-20(2,3)13-10-16(22-11-13)23-18-24-17(12-4-5-12)25-19(26-18)27-15-8-6-14(21)7-9-15/h6-10,12H,4-5,11,21H2,1-3H3,(H,22,23,24,25,26). The van der Waals surface area contributed by atoms with Crippen molar-refractivity contribution < 1.29 is 0 Å². The Hall–Kier alpha value is -2.41. The highest BCUT2D eigenvalue weighted by Gasteiger charge is 2.28. The normalized spacial score (nSPS) is 16.9. The zero-order chi connectivity index (χ0) is 19.0. The van der Waals surface area contributed by atoms with Gasteiger partial charge in [0.15, 0.2) is 5.16 Å². The third-order valence-electron chi connectivity index (χ3n) is 4.60. The van der Waals surface area contributed by atoms with E-state index in [1.54, 1.807) is 0 Å². The molecule has 0 radical (unpaired) electrons. The maximum Gasteiger partial charge on any atom is 0.232 e. The predicted molar refractivity (Wildman–Crippen MR) is 110 cm³/mol. The Morgan fingerprint density at radius 3 is 2.44 bits per heavy atom. The summed E-state index contributed by atoms with van der Waals surface area (Å²) in [6.45, 7) is 7.33. The molecule has 0 saturated heterocycles. The summed E-state index contributed by atoms with van der Waals surface area (Å²) in [6, 6.07) is 7.73. The van der Waals surface area contributed by atoms with Crippen LogP contribution in [0.4, 0.5) is 11.6 Å². The monoisotopic (exact) mass is 380 g/mol. The van der Waals surface area contributed by atoms with Crippen LogP contribution in [0.1, 0.15) is 45.4 Å². The largest absolute Gasteiger partial charge is 0.399 e.